The third-order valence-corrected chi connectivity index (χ3v) is 3.94. The normalized spacial score (nSPS) is 27.8. The molecule has 1 heterocycles. The highest BCUT2D eigenvalue weighted by Gasteiger charge is 2.22. The first-order valence-corrected chi connectivity index (χ1v) is 8.13. The molecule has 0 fully saturated rings. The molecule has 4 N–H and O–H groups in total. The average molecular weight is 345 g/mol. The van der Waals surface area contributed by atoms with Gasteiger partial charge in [-0.1, -0.05) is 24.3 Å². The highest BCUT2D eigenvalue weighted by atomic mass is 16.5. The Labute approximate surface area is 146 Å². The van der Waals surface area contributed by atoms with Gasteiger partial charge in [0.2, 0.25) is 0 Å². The second-order valence-electron chi connectivity index (χ2n) is 6.22. The van der Waals surface area contributed by atoms with Crippen molar-refractivity contribution in [1.82, 2.24) is 0 Å². The van der Waals surface area contributed by atoms with Gasteiger partial charge in [0.05, 0.1) is 11.7 Å². The van der Waals surface area contributed by atoms with Gasteiger partial charge in [0, 0.05) is 12.1 Å². The number of hydrogen-bond acceptors (Lipinski definition) is 6. The van der Waals surface area contributed by atoms with Crippen LogP contribution in [0.3, 0.4) is 0 Å². The number of benzene rings is 1. The quantitative estimate of drug-likeness (QED) is 0.488. The number of rotatable bonds is 0. The van der Waals surface area contributed by atoms with Gasteiger partial charge in [0.15, 0.2) is 5.78 Å². The molecule has 0 spiro atoms. The topological polar surface area (TPSA) is 110 Å². The first kappa shape index (κ1) is 18.9. The maximum absolute atomic E-state index is 12.5. The summed E-state index contributed by atoms with van der Waals surface area (Å²) in [6, 6.07) is 3.48. The lowest BCUT2D eigenvalue weighted by molar-refractivity contribution is -0.127. The monoisotopic (exact) mass is 345 g/mol. The average Bonchev–Trinajstić information content (AvgIpc) is 2.52. The fourth-order valence-corrected chi connectivity index (χ4v) is 2.63. The molecule has 134 valence electrons. The molecule has 2 rings (SSSR count). The number of anilines is 1. The molecule has 0 radical (unpaired) electrons. The van der Waals surface area contributed by atoms with Crippen LogP contribution >= 0.6 is 0 Å². The van der Waals surface area contributed by atoms with Crippen molar-refractivity contribution in [3.05, 3.63) is 47.1 Å². The van der Waals surface area contributed by atoms with Crippen LogP contribution in [0.2, 0.25) is 0 Å². The van der Waals surface area contributed by atoms with E-state index in [-0.39, 0.29) is 12.0 Å². The second-order valence-corrected chi connectivity index (χ2v) is 6.22. The highest BCUT2D eigenvalue weighted by Crippen LogP contribution is 2.24. The van der Waals surface area contributed by atoms with Crippen LogP contribution in [-0.2, 0) is 9.53 Å². The fourth-order valence-electron chi connectivity index (χ4n) is 2.63. The Morgan fingerprint density at radius 2 is 1.80 bits per heavy atom. The number of aliphatic hydroxyl groups is 2. The fraction of sp³-hybridized carbons (Fsp3) is 0.368. The highest BCUT2D eigenvalue weighted by molar-refractivity contribution is 5.99. The van der Waals surface area contributed by atoms with E-state index in [0.717, 1.165) is 5.56 Å². The molecule has 0 saturated carbocycles. The number of carbonyl (C=O) groups is 2. The summed E-state index contributed by atoms with van der Waals surface area (Å²) in [6.45, 7) is 3.55. The van der Waals surface area contributed by atoms with Crippen LogP contribution < -0.4 is 5.73 Å². The molecule has 0 aliphatic carbocycles. The summed E-state index contributed by atoms with van der Waals surface area (Å²) in [5.74, 6) is -1.13. The van der Waals surface area contributed by atoms with Gasteiger partial charge >= 0.3 is 5.97 Å². The lowest BCUT2D eigenvalue weighted by Gasteiger charge is -2.17. The van der Waals surface area contributed by atoms with Crippen LogP contribution in [0.1, 0.15) is 41.3 Å². The molecular weight excluding hydrogens is 322 g/mol. The van der Waals surface area contributed by atoms with E-state index in [9.17, 15) is 19.8 Å². The minimum Gasteiger partial charge on any atom is -0.459 e. The predicted octanol–water partition coefficient (Wildman–Crippen LogP) is 1.78. The summed E-state index contributed by atoms with van der Waals surface area (Å²) in [4.78, 5) is 24.3. The van der Waals surface area contributed by atoms with Gasteiger partial charge in [-0.05, 0) is 43.5 Å². The van der Waals surface area contributed by atoms with E-state index in [1.807, 2.05) is 6.92 Å². The summed E-state index contributed by atoms with van der Waals surface area (Å²) in [6.07, 6.45) is 3.08. The standard InChI is InChI=1S/C19H23NO5/c1-11-9-13-6-4-8-16(22)18(23)15(21)7-3-5-12(2)25-19(24)17(13)14(20)10-11/h3-4,6-7,9-10,12,16,18,22-23H,5,8,20H2,1-2H3/b6-4+,7-3-/t12-,16-,18+/m0/s1. The molecule has 1 aromatic rings. The van der Waals surface area contributed by atoms with E-state index in [2.05, 4.69) is 0 Å². The first-order chi connectivity index (χ1) is 11.8. The van der Waals surface area contributed by atoms with Crippen molar-refractivity contribution in [2.75, 3.05) is 5.73 Å². The molecule has 0 unspecified atom stereocenters. The van der Waals surface area contributed by atoms with Gasteiger partial charge in [-0.2, -0.15) is 0 Å². The molecule has 0 aromatic heterocycles. The molecule has 0 amide bonds. The number of aryl methyl sites for hydroxylation is 1. The zero-order chi connectivity index (χ0) is 18.6. The summed E-state index contributed by atoms with van der Waals surface area (Å²) >= 11 is 0. The van der Waals surface area contributed by atoms with Crippen molar-refractivity contribution in [3.63, 3.8) is 0 Å². The van der Waals surface area contributed by atoms with Crippen molar-refractivity contribution in [1.29, 1.82) is 0 Å². The van der Waals surface area contributed by atoms with Crippen molar-refractivity contribution < 1.29 is 24.5 Å². The van der Waals surface area contributed by atoms with E-state index in [1.54, 1.807) is 31.2 Å². The number of ketones is 1. The largest absolute Gasteiger partial charge is 0.459 e. The van der Waals surface area contributed by atoms with E-state index < -0.39 is 30.1 Å². The molecule has 0 saturated heterocycles. The number of fused-ring (bicyclic) bond motifs is 1. The zero-order valence-electron chi connectivity index (χ0n) is 14.3. The van der Waals surface area contributed by atoms with E-state index in [0.29, 0.717) is 17.7 Å². The van der Waals surface area contributed by atoms with Crippen molar-refractivity contribution in [3.8, 4) is 0 Å². The maximum Gasteiger partial charge on any atom is 0.341 e. The van der Waals surface area contributed by atoms with Gasteiger partial charge in [-0.3, -0.25) is 4.79 Å². The number of cyclic esters (lactones) is 1. The third-order valence-electron chi connectivity index (χ3n) is 3.94. The molecule has 6 nitrogen and oxygen atoms in total. The van der Waals surface area contributed by atoms with E-state index >= 15 is 0 Å². The minimum absolute atomic E-state index is 0.0550. The number of ether oxygens (including phenoxy) is 1. The Balaban J connectivity index is 2.43. The van der Waals surface area contributed by atoms with Crippen LogP contribution in [-0.4, -0.2) is 40.3 Å². The van der Waals surface area contributed by atoms with Crippen molar-refractivity contribution in [2.24, 2.45) is 0 Å². The Kier molecular flexibility index (Phi) is 6.12. The Morgan fingerprint density at radius 3 is 2.52 bits per heavy atom. The van der Waals surface area contributed by atoms with Crippen molar-refractivity contribution in [2.45, 2.75) is 45.0 Å². The summed E-state index contributed by atoms with van der Waals surface area (Å²) in [7, 11) is 0. The molecule has 0 bridgehead atoms. The number of nitrogens with two attached hydrogens (primary N) is 1. The Bertz CT molecular complexity index is 723. The van der Waals surface area contributed by atoms with Gasteiger partial charge in [-0.25, -0.2) is 4.79 Å². The van der Waals surface area contributed by atoms with Gasteiger partial charge in [-0.15, -0.1) is 0 Å². The van der Waals surface area contributed by atoms with Crippen LogP contribution in [0.15, 0.2) is 30.4 Å². The Hall–Kier alpha value is -2.44. The molecule has 1 aromatic carbocycles. The molecule has 25 heavy (non-hydrogen) atoms. The van der Waals surface area contributed by atoms with E-state index in [4.69, 9.17) is 10.5 Å². The van der Waals surface area contributed by atoms with Crippen LogP contribution in [0, 0.1) is 6.92 Å². The molecule has 6 heteroatoms. The number of carbonyl (C=O) groups excluding carboxylic acids is 2. The third kappa shape index (κ3) is 4.78. The second kappa shape index (κ2) is 8.09. The van der Waals surface area contributed by atoms with Gasteiger partial charge in [0.1, 0.15) is 12.2 Å². The molecule has 3 atom stereocenters. The molecule has 1 aliphatic rings. The smallest absolute Gasteiger partial charge is 0.341 e. The van der Waals surface area contributed by atoms with Gasteiger partial charge in [0.25, 0.3) is 0 Å². The SMILES string of the molecule is Cc1cc(N)c2c(c1)/C=C/C[C@H](O)[C@H](O)C(=O)/C=C\C[C@H](C)OC2=O. The Morgan fingerprint density at radius 1 is 1.12 bits per heavy atom. The van der Waals surface area contributed by atoms with Gasteiger partial charge < -0.3 is 20.7 Å². The summed E-state index contributed by atoms with van der Waals surface area (Å²) in [5, 5.41) is 19.8. The molecule has 1 aliphatic heterocycles. The maximum atomic E-state index is 12.5. The number of aliphatic hydroxyl groups excluding tert-OH is 2. The van der Waals surface area contributed by atoms with Crippen molar-refractivity contribution >= 4 is 23.5 Å². The zero-order valence-corrected chi connectivity index (χ0v) is 14.3. The first-order valence-electron chi connectivity index (χ1n) is 8.13. The van der Waals surface area contributed by atoms with Crippen LogP contribution in [0.4, 0.5) is 5.69 Å². The minimum atomic E-state index is -1.50. The van der Waals surface area contributed by atoms with E-state index in [1.165, 1.54) is 12.2 Å². The summed E-state index contributed by atoms with van der Waals surface area (Å²) in [5.41, 5.74) is 8.02. The summed E-state index contributed by atoms with van der Waals surface area (Å²) < 4.78 is 5.40. The van der Waals surface area contributed by atoms with Crippen LogP contribution in [0.5, 0.6) is 0 Å². The number of esters is 1. The lowest BCUT2D eigenvalue weighted by atomic mass is 10.00. The molecular formula is C19H23NO5. The van der Waals surface area contributed by atoms with Crippen LogP contribution in [0.25, 0.3) is 6.08 Å². The predicted molar refractivity (Wildman–Crippen MR) is 94.9 cm³/mol. The number of nitrogen functional groups attached to an aromatic ring is 1. The number of hydrogen-bond donors (Lipinski definition) is 3. The lowest BCUT2D eigenvalue weighted by Crippen LogP contribution is -2.32.